The van der Waals surface area contributed by atoms with Gasteiger partial charge in [0, 0.05) is 22.2 Å². The van der Waals surface area contributed by atoms with E-state index in [0.29, 0.717) is 16.4 Å². The lowest BCUT2D eigenvalue weighted by atomic mass is 10.1. The minimum absolute atomic E-state index is 0.189. The summed E-state index contributed by atoms with van der Waals surface area (Å²) in [5.74, 6) is -0.665. The number of nitrogens with one attached hydrogen (secondary N) is 2. The van der Waals surface area contributed by atoms with Gasteiger partial charge in [-0.1, -0.05) is 29.6 Å². The summed E-state index contributed by atoms with van der Waals surface area (Å²) in [5.41, 5.74) is 1.95. The molecule has 26 heavy (non-hydrogen) atoms. The molecule has 1 atom stereocenters. The highest BCUT2D eigenvalue weighted by Crippen LogP contribution is 2.30. The molecule has 2 aliphatic heterocycles. The van der Waals surface area contributed by atoms with Crippen LogP contribution in [0.4, 0.5) is 10.5 Å². The Balaban J connectivity index is 1.80. The van der Waals surface area contributed by atoms with E-state index in [9.17, 15) is 14.4 Å². The second-order valence-corrected chi connectivity index (χ2v) is 7.53. The van der Waals surface area contributed by atoms with Crippen LogP contribution in [0.3, 0.4) is 0 Å². The topological polar surface area (TPSA) is 81.8 Å². The van der Waals surface area contributed by atoms with E-state index in [0.717, 1.165) is 5.56 Å². The number of anilines is 1. The maximum atomic E-state index is 12.8. The number of urea groups is 1. The zero-order valence-corrected chi connectivity index (χ0v) is 16.1. The zero-order valence-electron chi connectivity index (χ0n) is 14.6. The number of aryl methyl sites for hydroxylation is 1. The number of imide groups is 1. The number of amides is 4. The van der Waals surface area contributed by atoms with Gasteiger partial charge in [-0.05, 0) is 38.5 Å². The van der Waals surface area contributed by atoms with Crippen LogP contribution in [0.15, 0.2) is 29.3 Å². The van der Waals surface area contributed by atoms with Gasteiger partial charge in [0.05, 0.1) is 5.70 Å². The van der Waals surface area contributed by atoms with Crippen LogP contribution < -0.4 is 10.0 Å². The summed E-state index contributed by atoms with van der Waals surface area (Å²) in [5, 5.41) is 4.98. The van der Waals surface area contributed by atoms with E-state index in [1.807, 2.05) is 6.92 Å². The van der Waals surface area contributed by atoms with Crippen LogP contribution in [0.25, 0.3) is 0 Å². The van der Waals surface area contributed by atoms with Crippen LogP contribution in [0.2, 0.25) is 5.02 Å². The summed E-state index contributed by atoms with van der Waals surface area (Å²) in [7, 11) is 0. The summed E-state index contributed by atoms with van der Waals surface area (Å²) in [6, 6.07) is 3.79. The van der Waals surface area contributed by atoms with Crippen molar-refractivity contribution in [3.63, 3.8) is 0 Å². The number of halogens is 1. The maximum absolute atomic E-state index is 12.8. The molecule has 4 amide bonds. The van der Waals surface area contributed by atoms with Gasteiger partial charge in [0.1, 0.15) is 12.6 Å². The molecule has 1 aromatic carbocycles. The fourth-order valence-electron chi connectivity index (χ4n) is 2.86. The lowest BCUT2D eigenvalue weighted by Crippen LogP contribution is -2.62. The molecular weight excluding hydrogens is 376 g/mol. The van der Waals surface area contributed by atoms with Crippen molar-refractivity contribution in [2.24, 2.45) is 0 Å². The summed E-state index contributed by atoms with van der Waals surface area (Å²) in [6.45, 7) is 5.19. The van der Waals surface area contributed by atoms with Gasteiger partial charge in [0.2, 0.25) is 5.91 Å². The molecule has 0 aliphatic carbocycles. The summed E-state index contributed by atoms with van der Waals surface area (Å²) in [4.78, 5) is 40.3. The third-order valence-corrected chi connectivity index (χ3v) is 5.15. The van der Waals surface area contributed by atoms with Crippen molar-refractivity contribution in [2.45, 2.75) is 32.9 Å². The molecule has 3 rings (SSSR count). The molecule has 1 aromatic rings. The first-order chi connectivity index (χ1) is 12.3. The van der Waals surface area contributed by atoms with Gasteiger partial charge < -0.3 is 5.32 Å². The standard InChI is InChI=1S/C17H19ClN4O3S/c1-9(2)22-16(24)15-13(8-26-20-15)21(17(22)25)7-14(23)19-12-6-11(18)5-4-10(12)3/h4-6,8-9,15,20H,7H2,1-3H3,(H,19,23). The second-order valence-electron chi connectivity index (χ2n) is 6.39. The average Bonchev–Trinajstić information content (AvgIpc) is 3.04. The average molecular weight is 395 g/mol. The fraction of sp³-hybridized carbons (Fsp3) is 0.353. The largest absolute Gasteiger partial charge is 0.331 e. The van der Waals surface area contributed by atoms with E-state index in [2.05, 4.69) is 10.0 Å². The Morgan fingerprint density at radius 3 is 2.81 bits per heavy atom. The number of nitrogens with zero attached hydrogens (tertiary/aromatic N) is 2. The lowest BCUT2D eigenvalue weighted by Gasteiger charge is -2.39. The number of benzene rings is 1. The zero-order chi connectivity index (χ0) is 19.0. The van der Waals surface area contributed by atoms with Crippen LogP contribution in [0.1, 0.15) is 19.4 Å². The van der Waals surface area contributed by atoms with Crippen molar-refractivity contribution in [1.29, 1.82) is 0 Å². The van der Waals surface area contributed by atoms with E-state index in [1.54, 1.807) is 37.5 Å². The first-order valence-electron chi connectivity index (χ1n) is 8.11. The van der Waals surface area contributed by atoms with Crippen molar-refractivity contribution >= 4 is 47.1 Å². The normalized spacial score (nSPS) is 19.7. The molecule has 1 unspecified atom stereocenters. The van der Waals surface area contributed by atoms with E-state index in [-0.39, 0.29) is 24.4 Å². The maximum Gasteiger partial charge on any atom is 0.331 e. The Labute approximate surface area is 160 Å². The van der Waals surface area contributed by atoms with Crippen LogP contribution in [-0.2, 0) is 9.59 Å². The van der Waals surface area contributed by atoms with Gasteiger partial charge in [-0.25, -0.2) is 9.52 Å². The molecule has 0 saturated carbocycles. The van der Waals surface area contributed by atoms with Gasteiger partial charge in [0.25, 0.3) is 5.91 Å². The highest BCUT2D eigenvalue weighted by Gasteiger charge is 2.46. The minimum Gasteiger partial charge on any atom is -0.324 e. The highest BCUT2D eigenvalue weighted by atomic mass is 35.5. The van der Waals surface area contributed by atoms with Gasteiger partial charge >= 0.3 is 6.03 Å². The van der Waals surface area contributed by atoms with Crippen LogP contribution in [0, 0.1) is 6.92 Å². The molecule has 2 heterocycles. The fourth-order valence-corrected chi connectivity index (χ4v) is 3.84. The monoisotopic (exact) mass is 394 g/mol. The summed E-state index contributed by atoms with van der Waals surface area (Å²) >= 11 is 7.21. The van der Waals surface area contributed by atoms with E-state index >= 15 is 0 Å². The molecule has 1 saturated heterocycles. The van der Waals surface area contributed by atoms with Crippen molar-refractivity contribution in [2.75, 3.05) is 11.9 Å². The first kappa shape index (κ1) is 18.8. The van der Waals surface area contributed by atoms with Crippen molar-refractivity contribution in [3.05, 3.63) is 39.9 Å². The molecular formula is C17H19ClN4O3S. The van der Waals surface area contributed by atoms with Crippen LogP contribution in [-0.4, -0.2) is 46.3 Å². The van der Waals surface area contributed by atoms with Crippen molar-refractivity contribution < 1.29 is 14.4 Å². The number of fused-ring (bicyclic) bond motifs is 1. The van der Waals surface area contributed by atoms with Crippen LogP contribution in [0.5, 0.6) is 0 Å². The minimum atomic E-state index is -0.624. The molecule has 0 bridgehead atoms. The molecule has 0 spiro atoms. The Bertz CT molecular complexity index is 811. The van der Waals surface area contributed by atoms with Crippen LogP contribution >= 0.6 is 23.5 Å². The number of carbonyl (C=O) groups excluding carboxylic acids is 3. The number of carbonyl (C=O) groups is 3. The number of rotatable bonds is 4. The predicted molar refractivity (Wildman–Crippen MR) is 102 cm³/mol. The first-order valence-corrected chi connectivity index (χ1v) is 9.37. The number of hydrogen-bond donors (Lipinski definition) is 2. The molecule has 2 N–H and O–H groups in total. The summed E-state index contributed by atoms with van der Waals surface area (Å²) in [6.07, 6.45) is 0. The van der Waals surface area contributed by atoms with Gasteiger partial charge in [0.15, 0.2) is 0 Å². The van der Waals surface area contributed by atoms with Crippen molar-refractivity contribution in [3.8, 4) is 0 Å². The molecule has 1 fully saturated rings. The van der Waals surface area contributed by atoms with E-state index < -0.39 is 12.1 Å². The van der Waals surface area contributed by atoms with Gasteiger partial charge in [-0.3, -0.25) is 19.4 Å². The molecule has 138 valence electrons. The van der Waals surface area contributed by atoms with Crippen molar-refractivity contribution in [1.82, 2.24) is 14.5 Å². The Hall–Kier alpha value is -2.03. The Morgan fingerprint density at radius 1 is 1.38 bits per heavy atom. The molecule has 0 radical (unpaired) electrons. The molecule has 0 aromatic heterocycles. The Morgan fingerprint density at radius 2 is 2.12 bits per heavy atom. The predicted octanol–water partition coefficient (Wildman–Crippen LogP) is 2.72. The van der Waals surface area contributed by atoms with Gasteiger partial charge in [-0.2, -0.15) is 0 Å². The quantitative estimate of drug-likeness (QED) is 0.767. The molecule has 7 nitrogen and oxygen atoms in total. The SMILES string of the molecule is Cc1ccc(Cl)cc1NC(=O)CN1C(=O)N(C(C)C)C(=O)C2NSC=C21. The third-order valence-electron chi connectivity index (χ3n) is 4.19. The van der Waals surface area contributed by atoms with E-state index in [4.69, 9.17) is 11.6 Å². The summed E-state index contributed by atoms with van der Waals surface area (Å²) < 4.78 is 2.97. The lowest BCUT2D eigenvalue weighted by molar-refractivity contribution is -0.133. The highest BCUT2D eigenvalue weighted by molar-refractivity contribution is 8.00. The smallest absolute Gasteiger partial charge is 0.324 e. The second kappa shape index (κ2) is 7.30. The van der Waals surface area contributed by atoms with Gasteiger partial charge in [-0.15, -0.1) is 0 Å². The number of hydrogen-bond acceptors (Lipinski definition) is 5. The third kappa shape index (κ3) is 3.44. The molecule has 9 heteroatoms. The Kier molecular flexibility index (Phi) is 5.27. The molecule has 2 aliphatic rings. The van der Waals surface area contributed by atoms with E-state index in [1.165, 1.54) is 21.7 Å².